The van der Waals surface area contributed by atoms with E-state index in [1.54, 1.807) is 6.07 Å². The number of nitroso groups, excluding NO2 is 1. The standard InChI is InChI=1S/C19H22N4O.C8H14O/c1-20-19-17(10-12-4-2-3-5-12)21-18-15-8-7-14(23-24)11-13(15)6-9-16(18)22-19;9-7-6-8-4-2-1-3-5-8/h7-8,11-12H,2-6,9-10H2,1H3,(H,20,22);7-8H,1-6H2. The lowest BCUT2D eigenvalue weighted by atomic mass is 9.87. The first-order valence-corrected chi connectivity index (χ1v) is 12.7. The monoisotopic (exact) mass is 448 g/mol. The zero-order valence-corrected chi connectivity index (χ0v) is 19.8. The Kier molecular flexibility index (Phi) is 8.19. The van der Waals surface area contributed by atoms with Crippen LogP contribution in [0, 0.1) is 16.7 Å². The molecule has 5 rings (SSSR count). The molecule has 2 aromatic rings. The number of aryl methyl sites for hydroxylation is 2. The van der Waals surface area contributed by atoms with Crippen LogP contribution in [0.3, 0.4) is 0 Å². The molecule has 1 N–H and O–H groups in total. The van der Waals surface area contributed by atoms with Crippen molar-refractivity contribution >= 4 is 17.8 Å². The van der Waals surface area contributed by atoms with E-state index in [4.69, 9.17) is 9.97 Å². The van der Waals surface area contributed by atoms with E-state index in [1.165, 1.54) is 57.8 Å². The number of aromatic nitrogens is 2. The molecule has 1 aromatic carbocycles. The summed E-state index contributed by atoms with van der Waals surface area (Å²) in [6.07, 6.45) is 16.5. The average Bonchev–Trinajstić information content (AvgIpc) is 3.37. The molecule has 2 saturated carbocycles. The molecule has 0 bridgehead atoms. The molecular weight excluding hydrogens is 412 g/mol. The first-order valence-electron chi connectivity index (χ1n) is 12.7. The van der Waals surface area contributed by atoms with Crippen LogP contribution in [0.15, 0.2) is 23.4 Å². The number of rotatable bonds is 6. The second kappa shape index (κ2) is 11.5. The molecule has 1 heterocycles. The Balaban J connectivity index is 0.000000243. The normalized spacial score (nSPS) is 18.0. The number of nitrogens with one attached hydrogen (secondary N) is 1. The first-order chi connectivity index (χ1) is 16.2. The van der Waals surface area contributed by atoms with Crippen LogP contribution < -0.4 is 5.32 Å². The number of nitrogens with zero attached hydrogens (tertiary/aromatic N) is 3. The second-order valence-corrected chi connectivity index (χ2v) is 9.76. The van der Waals surface area contributed by atoms with Crippen LogP contribution in [0.2, 0.25) is 0 Å². The largest absolute Gasteiger partial charge is 0.372 e. The van der Waals surface area contributed by atoms with Crippen LogP contribution in [0.5, 0.6) is 0 Å². The predicted octanol–water partition coefficient (Wildman–Crippen LogP) is 6.57. The lowest BCUT2D eigenvalue weighted by Crippen LogP contribution is -2.14. The smallest absolute Gasteiger partial charge is 0.147 e. The lowest BCUT2D eigenvalue weighted by molar-refractivity contribution is -0.108. The summed E-state index contributed by atoms with van der Waals surface area (Å²) >= 11 is 0. The maximum Gasteiger partial charge on any atom is 0.147 e. The minimum atomic E-state index is 0.489. The van der Waals surface area contributed by atoms with Crippen LogP contribution >= 0.6 is 0 Å². The summed E-state index contributed by atoms with van der Waals surface area (Å²) in [5.41, 5.74) is 5.86. The van der Waals surface area contributed by atoms with Gasteiger partial charge in [0, 0.05) is 19.0 Å². The van der Waals surface area contributed by atoms with Gasteiger partial charge in [0.25, 0.3) is 0 Å². The molecule has 0 spiro atoms. The van der Waals surface area contributed by atoms with Crippen LogP contribution in [-0.2, 0) is 24.1 Å². The third kappa shape index (κ3) is 5.84. The number of carbonyl (C=O) groups is 1. The topological polar surface area (TPSA) is 84.3 Å². The first kappa shape index (κ1) is 23.5. The Morgan fingerprint density at radius 3 is 2.42 bits per heavy atom. The number of hydrogen-bond donors (Lipinski definition) is 1. The van der Waals surface area contributed by atoms with Gasteiger partial charge in [-0.2, -0.15) is 0 Å². The highest BCUT2D eigenvalue weighted by Crippen LogP contribution is 2.36. The van der Waals surface area contributed by atoms with Gasteiger partial charge in [-0.05, 0) is 54.0 Å². The Hall–Kier alpha value is -2.63. The van der Waals surface area contributed by atoms with Gasteiger partial charge in [0.15, 0.2) is 0 Å². The van der Waals surface area contributed by atoms with Gasteiger partial charge in [0.1, 0.15) is 17.8 Å². The van der Waals surface area contributed by atoms with Crippen LogP contribution in [0.4, 0.5) is 11.5 Å². The van der Waals surface area contributed by atoms with Crippen LogP contribution in [0.1, 0.15) is 81.2 Å². The van der Waals surface area contributed by atoms with E-state index in [0.29, 0.717) is 5.69 Å². The minimum Gasteiger partial charge on any atom is -0.372 e. The van der Waals surface area contributed by atoms with Crippen LogP contribution in [-0.4, -0.2) is 23.3 Å². The van der Waals surface area contributed by atoms with E-state index in [-0.39, 0.29) is 0 Å². The highest BCUT2D eigenvalue weighted by Gasteiger charge is 2.24. The van der Waals surface area contributed by atoms with Gasteiger partial charge in [-0.1, -0.05) is 63.9 Å². The van der Waals surface area contributed by atoms with Gasteiger partial charge in [-0.25, -0.2) is 9.97 Å². The molecule has 3 aliphatic rings. The highest BCUT2D eigenvalue weighted by molar-refractivity contribution is 5.71. The SMILES string of the molecule is CNc1nc2c(nc1CC1CCCC1)-c1ccc(N=O)cc1CC2.O=CCC1CCCCC1. The van der Waals surface area contributed by atoms with E-state index in [0.717, 1.165) is 77.8 Å². The fraction of sp³-hybridized carbons (Fsp3) is 0.593. The van der Waals surface area contributed by atoms with E-state index < -0.39 is 0 Å². The van der Waals surface area contributed by atoms with Gasteiger partial charge in [-0.3, -0.25) is 0 Å². The van der Waals surface area contributed by atoms with Gasteiger partial charge in [0.05, 0.1) is 17.1 Å². The highest BCUT2D eigenvalue weighted by atomic mass is 16.3. The van der Waals surface area contributed by atoms with Gasteiger partial charge in [0.2, 0.25) is 0 Å². The molecule has 6 heteroatoms. The van der Waals surface area contributed by atoms with Crippen molar-refractivity contribution in [3.05, 3.63) is 40.1 Å². The van der Waals surface area contributed by atoms with Crippen molar-refractivity contribution in [2.75, 3.05) is 12.4 Å². The van der Waals surface area contributed by atoms with E-state index in [9.17, 15) is 9.70 Å². The quantitative estimate of drug-likeness (QED) is 0.399. The summed E-state index contributed by atoms with van der Waals surface area (Å²) < 4.78 is 0. The van der Waals surface area contributed by atoms with Crippen LogP contribution in [0.25, 0.3) is 11.3 Å². The lowest BCUT2D eigenvalue weighted by Gasteiger charge is -2.21. The fourth-order valence-electron chi connectivity index (χ4n) is 5.61. The summed E-state index contributed by atoms with van der Waals surface area (Å²) in [5.74, 6) is 2.39. The molecule has 2 fully saturated rings. The Morgan fingerprint density at radius 2 is 1.73 bits per heavy atom. The predicted molar refractivity (Wildman–Crippen MR) is 133 cm³/mol. The molecule has 33 heavy (non-hydrogen) atoms. The Bertz CT molecular complexity index is 963. The summed E-state index contributed by atoms with van der Waals surface area (Å²) in [6.45, 7) is 0. The minimum absolute atomic E-state index is 0.489. The summed E-state index contributed by atoms with van der Waals surface area (Å²) in [7, 11) is 1.92. The van der Waals surface area contributed by atoms with Crippen molar-refractivity contribution in [3.8, 4) is 11.3 Å². The molecule has 0 atom stereocenters. The summed E-state index contributed by atoms with van der Waals surface area (Å²) in [4.78, 5) is 30.7. The molecule has 0 radical (unpaired) electrons. The zero-order valence-electron chi connectivity index (χ0n) is 19.8. The van der Waals surface area contributed by atoms with E-state index in [1.807, 2.05) is 19.2 Å². The maximum atomic E-state index is 10.8. The van der Waals surface area contributed by atoms with Gasteiger partial charge < -0.3 is 10.1 Å². The van der Waals surface area contributed by atoms with Crippen molar-refractivity contribution in [3.63, 3.8) is 0 Å². The number of aldehydes is 1. The number of anilines is 1. The van der Waals surface area contributed by atoms with Crippen molar-refractivity contribution in [1.82, 2.24) is 9.97 Å². The summed E-state index contributed by atoms with van der Waals surface area (Å²) in [5, 5.41) is 6.28. The summed E-state index contributed by atoms with van der Waals surface area (Å²) in [6, 6.07) is 5.62. The molecule has 176 valence electrons. The van der Waals surface area contributed by atoms with Crippen molar-refractivity contribution in [2.24, 2.45) is 17.0 Å². The molecule has 0 unspecified atom stereocenters. The third-order valence-corrected chi connectivity index (χ3v) is 7.47. The van der Waals surface area contributed by atoms with Gasteiger partial charge in [-0.15, -0.1) is 4.91 Å². The molecule has 0 aliphatic heterocycles. The number of benzene rings is 1. The van der Waals surface area contributed by atoms with E-state index >= 15 is 0 Å². The third-order valence-electron chi connectivity index (χ3n) is 7.47. The Labute approximate surface area is 197 Å². The second-order valence-electron chi connectivity index (χ2n) is 9.76. The number of carbonyl (C=O) groups excluding carboxylic acids is 1. The van der Waals surface area contributed by atoms with E-state index in [2.05, 4.69) is 10.5 Å². The number of hydrogen-bond acceptors (Lipinski definition) is 6. The average molecular weight is 449 g/mol. The molecule has 0 saturated heterocycles. The molecular formula is C27H36N4O2. The molecule has 6 nitrogen and oxygen atoms in total. The molecule has 3 aliphatic carbocycles. The number of fused-ring (bicyclic) bond motifs is 3. The van der Waals surface area contributed by atoms with Crippen molar-refractivity contribution in [1.29, 1.82) is 0 Å². The maximum absolute atomic E-state index is 10.8. The zero-order chi connectivity index (χ0) is 23.0. The Morgan fingerprint density at radius 1 is 1.00 bits per heavy atom. The molecule has 0 amide bonds. The van der Waals surface area contributed by atoms with Crippen molar-refractivity contribution < 1.29 is 4.79 Å². The van der Waals surface area contributed by atoms with Gasteiger partial charge >= 0.3 is 0 Å². The fourth-order valence-corrected chi connectivity index (χ4v) is 5.61. The van der Waals surface area contributed by atoms with Crippen molar-refractivity contribution in [2.45, 2.75) is 83.5 Å². The molecule has 1 aromatic heterocycles.